The van der Waals surface area contributed by atoms with Gasteiger partial charge in [-0.25, -0.2) is 0 Å². The van der Waals surface area contributed by atoms with Crippen LogP contribution in [-0.2, 0) is 30.8 Å². The summed E-state index contributed by atoms with van der Waals surface area (Å²) in [6, 6.07) is 28.9. The van der Waals surface area contributed by atoms with E-state index in [0.29, 0.717) is 7.35 Å². The normalized spacial score (nSPS) is 20.8. The summed E-state index contributed by atoms with van der Waals surface area (Å²) in [5.41, 5.74) is 17.9. The Labute approximate surface area is 284 Å². The monoisotopic (exact) mass is 788 g/mol. The molecule has 1 fully saturated rings. The molecular weight excluding hydrogens is 735 g/mol. The molecule has 0 saturated carbocycles. The molecule has 0 aromatic heterocycles. The second kappa shape index (κ2) is 10.5. The average molecular weight is 787 g/mol. The Balaban J connectivity index is 1.37. The van der Waals surface area contributed by atoms with Crippen molar-refractivity contribution in [1.29, 1.82) is 0 Å². The summed E-state index contributed by atoms with van der Waals surface area (Å²) in [4.78, 5) is 0. The summed E-state index contributed by atoms with van der Waals surface area (Å²) in [6.07, 6.45) is 5.41. The summed E-state index contributed by atoms with van der Waals surface area (Å²) in [5, 5.41) is 3.63. The van der Waals surface area contributed by atoms with Crippen molar-refractivity contribution in [3.63, 3.8) is 0 Å². The van der Waals surface area contributed by atoms with E-state index in [9.17, 15) is 0 Å². The standard InChI is InChI=1S/C42H46Si.2CH3.Hf/c1-27-21-31(41(3,4)5)17-19-35(27)37-15-11-13-29-23-33(25-39(29)37)43(9,10)34-24-30-14-12-16-38(40(30)26-34)36-20-18-32(22-28(36)2)42(6,7)8;;;/h11-26H,1-10H3;2*1H3;. The minimum atomic E-state index is -3.05. The van der Waals surface area contributed by atoms with Crippen LogP contribution in [0.2, 0.25) is 22.5 Å². The van der Waals surface area contributed by atoms with E-state index in [1.807, 2.05) is 10.4 Å². The Morgan fingerprint density at radius 2 is 0.935 bits per heavy atom. The van der Waals surface area contributed by atoms with Crippen LogP contribution in [0, 0.1) is 13.8 Å². The van der Waals surface area contributed by atoms with Crippen LogP contribution in [0.5, 0.6) is 0 Å². The van der Waals surface area contributed by atoms with Gasteiger partial charge in [-0.05, 0) is 0 Å². The molecule has 0 amide bonds. The van der Waals surface area contributed by atoms with Gasteiger partial charge in [-0.1, -0.05) is 0 Å². The van der Waals surface area contributed by atoms with Gasteiger partial charge in [0.05, 0.1) is 0 Å². The average Bonchev–Trinajstić information content (AvgIpc) is 3.57. The fourth-order valence-electron chi connectivity index (χ4n) is 9.16. The fraction of sp³-hybridized carbons (Fsp3) is 0.364. The van der Waals surface area contributed by atoms with Gasteiger partial charge in [0, 0.05) is 0 Å². The number of aryl methyl sites for hydroxylation is 2. The third kappa shape index (κ3) is 4.75. The Hall–Kier alpha value is -2.55. The van der Waals surface area contributed by atoms with E-state index in [-0.39, 0.29) is 10.8 Å². The van der Waals surface area contributed by atoms with E-state index >= 15 is 0 Å². The first-order chi connectivity index (χ1) is 21.4. The van der Waals surface area contributed by atoms with Crippen LogP contribution in [0.25, 0.3) is 34.4 Å². The van der Waals surface area contributed by atoms with Crippen LogP contribution in [0.3, 0.4) is 0 Å². The van der Waals surface area contributed by atoms with Crippen molar-refractivity contribution in [3.8, 4) is 22.3 Å². The van der Waals surface area contributed by atoms with Gasteiger partial charge < -0.3 is 0 Å². The predicted molar refractivity (Wildman–Crippen MR) is 201 cm³/mol. The molecule has 2 unspecified atom stereocenters. The molecule has 1 heterocycles. The summed E-state index contributed by atoms with van der Waals surface area (Å²) >= 11 is -3.05. The topological polar surface area (TPSA) is 0 Å². The van der Waals surface area contributed by atoms with Crippen LogP contribution < -0.4 is 0 Å². The Kier molecular flexibility index (Phi) is 7.29. The van der Waals surface area contributed by atoms with Crippen LogP contribution in [0.4, 0.5) is 0 Å². The third-order valence-corrected chi connectivity index (χ3v) is 32.8. The van der Waals surface area contributed by atoms with Gasteiger partial charge in [0.25, 0.3) is 0 Å². The van der Waals surface area contributed by atoms with Crippen molar-refractivity contribution in [2.24, 2.45) is 0 Å². The minimum absolute atomic E-state index is 0.156. The quantitative estimate of drug-likeness (QED) is 0.178. The summed E-state index contributed by atoms with van der Waals surface area (Å²) in [7, 11) is -1.90. The van der Waals surface area contributed by atoms with Crippen molar-refractivity contribution < 1.29 is 20.0 Å². The van der Waals surface area contributed by atoms with Crippen LogP contribution >= 0.6 is 0 Å². The SMILES string of the molecule is Cc1cc(C(C)(C)C)ccc1-c1cccc2c1C=C1[CH]2[Hf]([CH3])([CH3])[CH]2C(=Cc3c(-c4ccc(C(C)(C)C)cc4C)cccc32)[Si]1(C)C. The number of benzene rings is 4. The third-order valence-electron chi connectivity index (χ3n) is 11.8. The molecule has 2 heteroatoms. The van der Waals surface area contributed by atoms with Crippen molar-refractivity contribution >= 4 is 20.2 Å². The first-order valence-electron chi connectivity index (χ1n) is 17.4. The number of rotatable bonds is 2. The molecule has 4 aromatic rings. The number of fused-ring (bicyclic) bond motifs is 6. The molecule has 2 aliphatic carbocycles. The van der Waals surface area contributed by atoms with Crippen molar-refractivity contribution in [2.45, 2.75) is 96.0 Å². The second-order valence-electron chi connectivity index (χ2n) is 17.7. The molecule has 46 heavy (non-hydrogen) atoms. The van der Waals surface area contributed by atoms with Crippen molar-refractivity contribution in [2.75, 3.05) is 0 Å². The van der Waals surface area contributed by atoms with Gasteiger partial charge in [0.1, 0.15) is 0 Å². The molecule has 0 bridgehead atoms. The molecule has 0 N–H and O–H groups in total. The summed E-state index contributed by atoms with van der Waals surface area (Å²) < 4.78 is 6.87. The molecule has 4 aromatic carbocycles. The molecule has 2 atom stereocenters. The number of hydrogen-bond acceptors (Lipinski definition) is 0. The van der Waals surface area contributed by atoms with Crippen LogP contribution in [0.15, 0.2) is 83.2 Å². The Bertz CT molecular complexity index is 1840. The first kappa shape index (κ1) is 32.0. The summed E-state index contributed by atoms with van der Waals surface area (Å²) in [6.45, 7) is 23.8. The van der Waals surface area contributed by atoms with E-state index in [4.69, 9.17) is 0 Å². The van der Waals surface area contributed by atoms with Crippen LogP contribution in [-0.4, -0.2) is 8.07 Å². The Morgan fingerprint density at radius 1 is 0.543 bits per heavy atom. The molecule has 1 aliphatic heterocycles. The summed E-state index contributed by atoms with van der Waals surface area (Å²) in [5.74, 6) is 0. The van der Waals surface area contributed by atoms with Crippen LogP contribution in [0.1, 0.15) is 93.4 Å². The van der Waals surface area contributed by atoms with E-state index in [1.165, 1.54) is 55.6 Å². The zero-order valence-electron chi connectivity index (χ0n) is 30.2. The van der Waals surface area contributed by atoms with Gasteiger partial charge in [0.15, 0.2) is 0 Å². The van der Waals surface area contributed by atoms with Gasteiger partial charge in [-0.3, -0.25) is 0 Å². The van der Waals surface area contributed by atoms with Gasteiger partial charge >= 0.3 is 286 Å². The van der Waals surface area contributed by atoms with Gasteiger partial charge in [-0.2, -0.15) is 0 Å². The van der Waals surface area contributed by atoms with Crippen molar-refractivity contribution in [1.82, 2.24) is 0 Å². The Morgan fingerprint density at radius 3 is 1.28 bits per heavy atom. The zero-order valence-corrected chi connectivity index (χ0v) is 34.8. The van der Waals surface area contributed by atoms with Gasteiger partial charge in [0.2, 0.25) is 0 Å². The van der Waals surface area contributed by atoms with Gasteiger partial charge in [-0.15, -0.1) is 0 Å². The molecule has 236 valence electrons. The van der Waals surface area contributed by atoms with E-state index in [1.54, 1.807) is 11.1 Å². The molecule has 3 aliphatic rings. The maximum atomic E-state index is 2.78. The molecule has 0 radical (unpaired) electrons. The number of allylic oxidation sites excluding steroid dienone is 2. The second-order valence-corrected chi connectivity index (χ2v) is 39.3. The zero-order chi connectivity index (χ0) is 33.1. The maximum absolute atomic E-state index is 3.05. The molecular formula is C44H52HfSi. The molecule has 0 nitrogen and oxygen atoms in total. The molecule has 1 saturated heterocycles. The van der Waals surface area contributed by atoms with E-state index < -0.39 is 28.0 Å². The van der Waals surface area contributed by atoms with Crippen molar-refractivity contribution in [3.05, 3.63) is 128 Å². The predicted octanol–water partition coefficient (Wildman–Crippen LogP) is 12.9. The van der Waals surface area contributed by atoms with E-state index in [2.05, 4.69) is 163 Å². The first-order valence-corrected chi connectivity index (χ1v) is 31.7. The van der Waals surface area contributed by atoms with E-state index in [0.717, 1.165) is 0 Å². The fourth-order valence-corrected chi connectivity index (χ4v) is 41.2. The molecule has 7 rings (SSSR count). The molecule has 0 spiro atoms. The number of hydrogen-bond donors (Lipinski definition) is 0.